The van der Waals surface area contributed by atoms with Crippen LogP contribution < -0.4 is 5.32 Å². The third-order valence-electron chi connectivity index (χ3n) is 2.25. The van der Waals surface area contributed by atoms with Gasteiger partial charge in [0.15, 0.2) is 0 Å². The fraction of sp³-hybridized carbons (Fsp3) is 0.444. The highest BCUT2D eigenvalue weighted by Gasteiger charge is 2.29. The summed E-state index contributed by atoms with van der Waals surface area (Å²) in [4.78, 5) is 10.9. The average molecular weight is 149 g/mol. The van der Waals surface area contributed by atoms with E-state index >= 15 is 0 Å². The van der Waals surface area contributed by atoms with E-state index in [1.54, 1.807) is 0 Å². The molecule has 2 heteroatoms. The summed E-state index contributed by atoms with van der Waals surface area (Å²) in [5.74, 6) is 0.586. The van der Waals surface area contributed by atoms with E-state index < -0.39 is 0 Å². The lowest BCUT2D eigenvalue weighted by Gasteiger charge is -2.15. The van der Waals surface area contributed by atoms with Gasteiger partial charge in [-0.25, -0.2) is 0 Å². The predicted molar refractivity (Wildman–Crippen MR) is 42.9 cm³/mol. The maximum absolute atomic E-state index is 10.9. The van der Waals surface area contributed by atoms with Crippen molar-refractivity contribution in [2.24, 2.45) is 5.92 Å². The summed E-state index contributed by atoms with van der Waals surface area (Å²) >= 11 is 0. The van der Waals surface area contributed by atoms with Crippen LogP contribution in [0.5, 0.6) is 0 Å². The molecule has 0 bridgehead atoms. The van der Waals surface area contributed by atoms with Crippen molar-refractivity contribution in [2.75, 3.05) is 0 Å². The molecule has 0 aromatic rings. The van der Waals surface area contributed by atoms with Gasteiger partial charge in [-0.1, -0.05) is 23.8 Å². The maximum atomic E-state index is 10.9. The van der Waals surface area contributed by atoms with Crippen LogP contribution in [-0.4, -0.2) is 11.9 Å². The third kappa shape index (κ3) is 1.09. The minimum atomic E-state index is 0.176. The van der Waals surface area contributed by atoms with Gasteiger partial charge in [-0.15, -0.1) is 0 Å². The number of fused-ring (bicyclic) bond motifs is 1. The first-order chi connectivity index (χ1) is 5.25. The molecule has 1 aliphatic heterocycles. The van der Waals surface area contributed by atoms with E-state index in [1.165, 1.54) is 5.57 Å². The van der Waals surface area contributed by atoms with Crippen molar-refractivity contribution in [3.05, 3.63) is 23.8 Å². The van der Waals surface area contributed by atoms with Crippen LogP contribution >= 0.6 is 0 Å². The number of carbonyl (C=O) groups excluding carboxylic acids is 1. The molecule has 2 unspecified atom stereocenters. The molecule has 0 radical (unpaired) electrons. The number of amides is 1. The molecule has 2 atom stereocenters. The molecule has 0 aromatic carbocycles. The van der Waals surface area contributed by atoms with Crippen molar-refractivity contribution in [1.29, 1.82) is 0 Å². The van der Waals surface area contributed by atoms with Crippen molar-refractivity contribution >= 4 is 5.91 Å². The molecule has 1 saturated heterocycles. The van der Waals surface area contributed by atoms with Crippen LogP contribution in [0.3, 0.4) is 0 Å². The molecule has 0 aromatic heterocycles. The van der Waals surface area contributed by atoms with E-state index in [2.05, 4.69) is 30.5 Å². The fourth-order valence-electron chi connectivity index (χ4n) is 1.70. The summed E-state index contributed by atoms with van der Waals surface area (Å²) in [7, 11) is 0. The van der Waals surface area contributed by atoms with Crippen molar-refractivity contribution in [3.63, 3.8) is 0 Å². The summed E-state index contributed by atoms with van der Waals surface area (Å²) in [5, 5.41) is 2.91. The van der Waals surface area contributed by atoms with Gasteiger partial charge in [0.1, 0.15) is 0 Å². The first-order valence-electron chi connectivity index (χ1n) is 3.92. The van der Waals surface area contributed by atoms with Crippen LogP contribution in [-0.2, 0) is 4.79 Å². The lowest BCUT2D eigenvalue weighted by atomic mass is 9.93. The number of nitrogens with one attached hydrogen (secondary N) is 1. The van der Waals surface area contributed by atoms with Crippen LogP contribution in [0, 0.1) is 5.92 Å². The first-order valence-corrected chi connectivity index (χ1v) is 3.92. The monoisotopic (exact) mass is 149 g/mol. The Labute approximate surface area is 66.0 Å². The summed E-state index contributed by atoms with van der Waals surface area (Å²) in [6.07, 6.45) is 6.96. The van der Waals surface area contributed by atoms with Crippen molar-refractivity contribution in [3.8, 4) is 0 Å². The second-order valence-electron chi connectivity index (χ2n) is 3.23. The molecule has 1 amide bonds. The van der Waals surface area contributed by atoms with E-state index in [0.29, 0.717) is 12.3 Å². The van der Waals surface area contributed by atoms with Gasteiger partial charge in [-0.05, 0) is 6.92 Å². The third-order valence-corrected chi connectivity index (χ3v) is 2.25. The molecule has 2 rings (SSSR count). The molecule has 1 heterocycles. The summed E-state index contributed by atoms with van der Waals surface area (Å²) in [6.45, 7) is 2.06. The summed E-state index contributed by atoms with van der Waals surface area (Å²) < 4.78 is 0. The minimum absolute atomic E-state index is 0.176. The number of rotatable bonds is 0. The highest BCUT2D eigenvalue weighted by molar-refractivity contribution is 5.80. The Morgan fingerprint density at radius 3 is 3.27 bits per heavy atom. The van der Waals surface area contributed by atoms with Crippen molar-refractivity contribution in [2.45, 2.75) is 19.4 Å². The van der Waals surface area contributed by atoms with Gasteiger partial charge in [-0.2, -0.15) is 0 Å². The fourth-order valence-corrected chi connectivity index (χ4v) is 1.70. The zero-order valence-electron chi connectivity index (χ0n) is 6.50. The minimum Gasteiger partial charge on any atom is -0.349 e. The van der Waals surface area contributed by atoms with E-state index in [0.717, 1.165) is 0 Å². The van der Waals surface area contributed by atoms with Gasteiger partial charge in [-0.3, -0.25) is 4.79 Å². The molecule has 2 nitrogen and oxygen atoms in total. The Morgan fingerprint density at radius 2 is 2.45 bits per heavy atom. The summed E-state index contributed by atoms with van der Waals surface area (Å²) in [5.41, 5.74) is 1.27. The molecule has 0 saturated carbocycles. The molecule has 0 spiro atoms. The van der Waals surface area contributed by atoms with Gasteiger partial charge < -0.3 is 5.32 Å². The SMILES string of the molecule is CC1=CC2CC(=O)NC2C=C1. The number of hydrogen-bond donors (Lipinski definition) is 1. The number of allylic oxidation sites excluding steroid dienone is 2. The number of carbonyl (C=O) groups is 1. The second-order valence-corrected chi connectivity index (χ2v) is 3.23. The lowest BCUT2D eigenvalue weighted by Crippen LogP contribution is -2.27. The van der Waals surface area contributed by atoms with Crippen LogP contribution in [0.2, 0.25) is 0 Å². The largest absolute Gasteiger partial charge is 0.349 e. The Balaban J connectivity index is 2.23. The Bertz CT molecular complexity index is 252. The van der Waals surface area contributed by atoms with E-state index in [1.807, 2.05) is 0 Å². The van der Waals surface area contributed by atoms with Crippen LogP contribution in [0.1, 0.15) is 13.3 Å². The second kappa shape index (κ2) is 2.22. The Kier molecular flexibility index (Phi) is 1.34. The smallest absolute Gasteiger partial charge is 0.221 e. The molecular weight excluding hydrogens is 138 g/mol. The highest BCUT2D eigenvalue weighted by Crippen LogP contribution is 2.24. The van der Waals surface area contributed by atoms with Gasteiger partial charge in [0.25, 0.3) is 0 Å². The van der Waals surface area contributed by atoms with Gasteiger partial charge in [0.2, 0.25) is 5.91 Å². The molecule has 1 aliphatic carbocycles. The van der Waals surface area contributed by atoms with Crippen molar-refractivity contribution in [1.82, 2.24) is 5.32 Å². The van der Waals surface area contributed by atoms with E-state index in [4.69, 9.17) is 0 Å². The Hall–Kier alpha value is -1.05. The molecular formula is C9H11NO. The lowest BCUT2D eigenvalue weighted by molar-refractivity contribution is -0.119. The summed E-state index contributed by atoms with van der Waals surface area (Å²) in [6, 6.07) is 0.270. The standard InChI is InChI=1S/C9H11NO/c1-6-2-3-8-7(4-6)5-9(11)10-8/h2-4,7-8H,5H2,1H3,(H,10,11). The number of hydrogen-bond acceptors (Lipinski definition) is 1. The quantitative estimate of drug-likeness (QED) is 0.547. The first kappa shape index (κ1) is 6.65. The Morgan fingerprint density at radius 1 is 1.64 bits per heavy atom. The maximum Gasteiger partial charge on any atom is 0.221 e. The molecule has 11 heavy (non-hydrogen) atoms. The zero-order chi connectivity index (χ0) is 7.84. The van der Waals surface area contributed by atoms with Crippen LogP contribution in [0.4, 0.5) is 0 Å². The van der Waals surface area contributed by atoms with Gasteiger partial charge in [0.05, 0.1) is 6.04 Å². The molecule has 58 valence electrons. The molecule has 2 aliphatic rings. The zero-order valence-corrected chi connectivity index (χ0v) is 6.50. The average Bonchev–Trinajstić information content (AvgIpc) is 2.27. The molecule has 1 N–H and O–H groups in total. The van der Waals surface area contributed by atoms with E-state index in [-0.39, 0.29) is 11.9 Å². The van der Waals surface area contributed by atoms with Crippen LogP contribution in [0.15, 0.2) is 23.8 Å². The van der Waals surface area contributed by atoms with Crippen LogP contribution in [0.25, 0.3) is 0 Å². The topological polar surface area (TPSA) is 29.1 Å². The van der Waals surface area contributed by atoms with E-state index in [9.17, 15) is 4.79 Å². The molecule has 1 fully saturated rings. The van der Waals surface area contributed by atoms with Crippen molar-refractivity contribution < 1.29 is 4.79 Å². The highest BCUT2D eigenvalue weighted by atomic mass is 16.1. The van der Waals surface area contributed by atoms with Gasteiger partial charge >= 0.3 is 0 Å². The normalized spacial score (nSPS) is 34.6. The predicted octanol–water partition coefficient (Wildman–Crippen LogP) is 1.01. The van der Waals surface area contributed by atoms with Gasteiger partial charge in [0, 0.05) is 12.3 Å².